The van der Waals surface area contributed by atoms with Crippen LogP contribution in [0, 0.1) is 6.92 Å². The Bertz CT molecular complexity index is 1300. The van der Waals surface area contributed by atoms with Crippen LogP contribution in [0.5, 0.6) is 0 Å². The zero-order valence-electron chi connectivity index (χ0n) is 18.0. The molecule has 0 amide bonds. The highest BCUT2D eigenvalue weighted by molar-refractivity contribution is 6.31. The summed E-state index contributed by atoms with van der Waals surface area (Å²) in [5.41, 5.74) is 4.17. The molecule has 1 aromatic heterocycles. The van der Waals surface area contributed by atoms with Gasteiger partial charge < -0.3 is 9.30 Å². The molecule has 0 saturated carbocycles. The average molecular weight is 465 g/mol. The van der Waals surface area contributed by atoms with Crippen LogP contribution in [0.4, 0.5) is 0 Å². The monoisotopic (exact) mass is 464 g/mol. The molecular formula is C26H22Cl2N2O2. The molecule has 0 bridgehead atoms. The van der Waals surface area contributed by atoms with Gasteiger partial charge in [-0.1, -0.05) is 29.3 Å². The highest BCUT2D eigenvalue weighted by atomic mass is 35.5. The Balaban J connectivity index is 1.82. The van der Waals surface area contributed by atoms with Crippen molar-refractivity contribution in [2.75, 3.05) is 0 Å². The minimum absolute atomic E-state index is 0.160. The van der Waals surface area contributed by atoms with Crippen LogP contribution in [0.1, 0.15) is 47.2 Å². The maximum atomic E-state index is 12.9. The van der Waals surface area contributed by atoms with E-state index in [1.54, 1.807) is 42.5 Å². The summed E-state index contributed by atoms with van der Waals surface area (Å²) >= 11 is 12.0. The molecule has 32 heavy (non-hydrogen) atoms. The second-order valence-corrected chi connectivity index (χ2v) is 8.71. The first-order valence-electron chi connectivity index (χ1n) is 10.3. The molecule has 162 valence electrons. The first kappa shape index (κ1) is 22.1. The quantitative estimate of drug-likeness (QED) is 0.225. The van der Waals surface area contributed by atoms with Gasteiger partial charge in [0.2, 0.25) is 0 Å². The van der Waals surface area contributed by atoms with E-state index in [0.29, 0.717) is 27.2 Å². The normalized spacial score (nSPS) is 11.9. The Hall–Kier alpha value is -3.08. The molecule has 0 atom stereocenters. The topological polar surface area (TPSA) is 44.1 Å². The fraction of sp³-hybridized carbons (Fsp3) is 0.154. The molecule has 0 aliphatic rings. The van der Waals surface area contributed by atoms with E-state index < -0.39 is 5.97 Å². The smallest absolute Gasteiger partial charge is 0.343 e. The number of aromatic nitrogens is 2. The zero-order chi connectivity index (χ0) is 22.8. The van der Waals surface area contributed by atoms with Gasteiger partial charge in [-0.25, -0.2) is 9.78 Å². The first-order valence-corrected chi connectivity index (χ1v) is 11.0. The molecule has 1 heterocycles. The van der Waals surface area contributed by atoms with Crippen LogP contribution >= 0.6 is 23.2 Å². The Morgan fingerprint density at radius 3 is 2.12 bits per heavy atom. The maximum absolute atomic E-state index is 12.9. The van der Waals surface area contributed by atoms with Gasteiger partial charge in [0.15, 0.2) is 0 Å². The van der Waals surface area contributed by atoms with Crippen molar-refractivity contribution in [2.24, 2.45) is 0 Å². The molecule has 0 spiro atoms. The molecule has 4 aromatic rings. The van der Waals surface area contributed by atoms with E-state index in [0.717, 1.165) is 22.2 Å². The van der Waals surface area contributed by atoms with Crippen molar-refractivity contribution >= 4 is 52.0 Å². The predicted molar refractivity (Wildman–Crippen MR) is 131 cm³/mol. The summed E-state index contributed by atoms with van der Waals surface area (Å²) in [5, 5.41) is 1.15. The summed E-state index contributed by atoms with van der Waals surface area (Å²) in [7, 11) is 0. The van der Waals surface area contributed by atoms with Crippen molar-refractivity contribution in [3.8, 4) is 0 Å². The number of hydrogen-bond donors (Lipinski definition) is 0. The number of halogens is 2. The van der Waals surface area contributed by atoms with Crippen LogP contribution in [-0.2, 0) is 4.74 Å². The number of fused-ring (bicyclic) bond motifs is 1. The summed E-state index contributed by atoms with van der Waals surface area (Å²) < 4.78 is 7.97. The molecular weight excluding hydrogens is 443 g/mol. The molecule has 0 fully saturated rings. The van der Waals surface area contributed by atoms with Gasteiger partial charge in [-0.3, -0.25) is 0 Å². The lowest BCUT2D eigenvalue weighted by Gasteiger charge is -2.13. The second-order valence-electron chi connectivity index (χ2n) is 7.84. The number of ether oxygens (including phenoxy) is 1. The molecule has 3 aromatic carbocycles. The average Bonchev–Trinajstić information content (AvgIpc) is 3.11. The molecule has 0 radical (unpaired) electrons. The number of carbonyl (C=O) groups excluding carboxylic acids is 1. The highest BCUT2D eigenvalue weighted by Crippen LogP contribution is 2.28. The molecule has 4 rings (SSSR count). The van der Waals surface area contributed by atoms with Crippen molar-refractivity contribution in [3.05, 3.63) is 99.3 Å². The Kier molecular flexibility index (Phi) is 6.35. The van der Waals surface area contributed by atoms with Crippen LogP contribution in [0.3, 0.4) is 0 Å². The highest BCUT2D eigenvalue weighted by Gasteiger charge is 2.17. The van der Waals surface area contributed by atoms with Gasteiger partial charge in [0, 0.05) is 27.7 Å². The van der Waals surface area contributed by atoms with Gasteiger partial charge >= 0.3 is 5.97 Å². The number of imidazole rings is 1. The SMILES string of the molecule is Cc1ccc2c(c1)nc(/C=C(\OC(=O)c1ccc(Cl)cc1)c1ccc(Cl)cc1)n2C(C)C. The summed E-state index contributed by atoms with van der Waals surface area (Å²) in [6, 6.07) is 20.1. The minimum Gasteiger partial charge on any atom is -0.422 e. The van der Waals surface area contributed by atoms with Crippen LogP contribution < -0.4 is 0 Å². The van der Waals surface area contributed by atoms with Crippen molar-refractivity contribution in [1.82, 2.24) is 9.55 Å². The van der Waals surface area contributed by atoms with E-state index in [1.807, 2.05) is 25.1 Å². The maximum Gasteiger partial charge on any atom is 0.343 e. The first-order chi connectivity index (χ1) is 15.3. The van der Waals surface area contributed by atoms with Gasteiger partial charge in [0.05, 0.1) is 16.6 Å². The lowest BCUT2D eigenvalue weighted by Crippen LogP contribution is -2.07. The van der Waals surface area contributed by atoms with Gasteiger partial charge in [-0.05, 0) is 87.0 Å². The minimum atomic E-state index is -0.481. The standard InChI is InChI=1S/C26H22Cl2N2O2/c1-16(2)30-23-13-4-17(3)14-22(23)29-25(30)15-24(18-5-9-20(27)10-6-18)32-26(31)19-7-11-21(28)12-8-19/h4-16H,1-3H3/b24-15-. The van der Waals surface area contributed by atoms with Crippen molar-refractivity contribution < 1.29 is 9.53 Å². The number of nitrogens with zero attached hydrogens (tertiary/aromatic N) is 2. The Morgan fingerprint density at radius 2 is 1.53 bits per heavy atom. The Labute approximate surface area is 197 Å². The third-order valence-electron chi connectivity index (χ3n) is 5.06. The van der Waals surface area contributed by atoms with Gasteiger partial charge in [-0.2, -0.15) is 0 Å². The molecule has 6 heteroatoms. The summed E-state index contributed by atoms with van der Waals surface area (Å²) in [4.78, 5) is 17.7. The lowest BCUT2D eigenvalue weighted by molar-refractivity contribution is 0.0693. The van der Waals surface area contributed by atoms with E-state index in [9.17, 15) is 4.79 Å². The van der Waals surface area contributed by atoms with Crippen molar-refractivity contribution in [3.63, 3.8) is 0 Å². The molecule has 0 saturated heterocycles. The zero-order valence-corrected chi connectivity index (χ0v) is 19.5. The molecule has 4 nitrogen and oxygen atoms in total. The number of hydrogen-bond acceptors (Lipinski definition) is 3. The fourth-order valence-electron chi connectivity index (χ4n) is 3.52. The van der Waals surface area contributed by atoms with Crippen LogP contribution in [0.2, 0.25) is 10.0 Å². The van der Waals surface area contributed by atoms with E-state index in [4.69, 9.17) is 32.9 Å². The van der Waals surface area contributed by atoms with Crippen molar-refractivity contribution in [2.45, 2.75) is 26.8 Å². The van der Waals surface area contributed by atoms with Crippen LogP contribution in [-0.4, -0.2) is 15.5 Å². The summed E-state index contributed by atoms with van der Waals surface area (Å²) in [5.74, 6) is 0.607. The largest absolute Gasteiger partial charge is 0.422 e. The van der Waals surface area contributed by atoms with E-state index in [2.05, 4.69) is 30.5 Å². The fourth-order valence-corrected chi connectivity index (χ4v) is 3.77. The third-order valence-corrected chi connectivity index (χ3v) is 5.56. The van der Waals surface area contributed by atoms with Crippen LogP contribution in [0.25, 0.3) is 22.9 Å². The van der Waals surface area contributed by atoms with Crippen molar-refractivity contribution in [1.29, 1.82) is 0 Å². The van der Waals surface area contributed by atoms with Gasteiger partial charge in [0.25, 0.3) is 0 Å². The predicted octanol–water partition coefficient (Wildman–Crippen LogP) is 7.59. The van der Waals surface area contributed by atoms with Gasteiger partial charge in [-0.15, -0.1) is 0 Å². The van der Waals surface area contributed by atoms with Crippen LogP contribution in [0.15, 0.2) is 66.7 Å². The van der Waals surface area contributed by atoms with E-state index in [-0.39, 0.29) is 6.04 Å². The number of carbonyl (C=O) groups is 1. The summed E-state index contributed by atoms with van der Waals surface area (Å²) in [6.07, 6.45) is 1.80. The summed E-state index contributed by atoms with van der Waals surface area (Å²) in [6.45, 7) is 6.23. The molecule has 0 aliphatic heterocycles. The molecule has 0 N–H and O–H groups in total. The van der Waals surface area contributed by atoms with E-state index in [1.165, 1.54) is 0 Å². The third kappa shape index (κ3) is 4.72. The number of esters is 1. The second kappa shape index (κ2) is 9.19. The number of aryl methyl sites for hydroxylation is 1. The number of benzene rings is 3. The number of rotatable bonds is 5. The van der Waals surface area contributed by atoms with Gasteiger partial charge in [0.1, 0.15) is 11.6 Å². The molecule has 0 unspecified atom stereocenters. The van der Waals surface area contributed by atoms with E-state index >= 15 is 0 Å². The Morgan fingerprint density at radius 1 is 0.938 bits per heavy atom. The molecule has 0 aliphatic carbocycles. The lowest BCUT2D eigenvalue weighted by atomic mass is 10.1.